The molecule has 1 saturated carbocycles. The van der Waals surface area contributed by atoms with Gasteiger partial charge in [0.25, 0.3) is 5.56 Å². The average Bonchev–Trinajstić information content (AvgIpc) is 3.03. The maximum atomic E-state index is 12.1. The third-order valence-electron chi connectivity index (χ3n) is 4.14. The first-order chi connectivity index (χ1) is 10.7. The van der Waals surface area contributed by atoms with Gasteiger partial charge >= 0.3 is 0 Å². The Labute approximate surface area is 133 Å². The molecule has 2 aromatic rings. The zero-order valence-corrected chi connectivity index (χ0v) is 13.2. The van der Waals surface area contributed by atoms with E-state index in [0.717, 1.165) is 23.6 Å². The van der Waals surface area contributed by atoms with Crippen molar-refractivity contribution in [1.82, 2.24) is 9.97 Å². The van der Waals surface area contributed by atoms with Crippen molar-refractivity contribution >= 4 is 17.3 Å². The van der Waals surface area contributed by atoms with Crippen LogP contribution in [0.2, 0.25) is 0 Å². The number of nitrogens with zero attached hydrogens (tertiary/aromatic N) is 2. The molecule has 2 aromatic heterocycles. The van der Waals surface area contributed by atoms with E-state index in [0.29, 0.717) is 17.7 Å². The first-order valence-corrected chi connectivity index (χ1v) is 8.40. The van der Waals surface area contributed by atoms with Crippen LogP contribution in [-0.2, 0) is 0 Å². The molecule has 2 N–H and O–H groups in total. The van der Waals surface area contributed by atoms with Gasteiger partial charge in [-0.25, -0.2) is 4.98 Å². The second-order valence-corrected chi connectivity index (χ2v) is 6.78. The zero-order valence-electron chi connectivity index (χ0n) is 12.4. The molecule has 0 radical (unpaired) electrons. The van der Waals surface area contributed by atoms with Crippen molar-refractivity contribution in [3.05, 3.63) is 33.4 Å². The van der Waals surface area contributed by atoms with Gasteiger partial charge in [-0.15, -0.1) is 11.3 Å². The van der Waals surface area contributed by atoms with Gasteiger partial charge in [0.15, 0.2) is 0 Å². The van der Waals surface area contributed by atoms with Gasteiger partial charge in [0.2, 0.25) is 5.95 Å². The van der Waals surface area contributed by atoms with Crippen LogP contribution in [0.4, 0.5) is 5.95 Å². The summed E-state index contributed by atoms with van der Waals surface area (Å²) in [5.74, 6) is 1.24. The Morgan fingerprint density at radius 1 is 1.41 bits per heavy atom. The first-order valence-electron chi connectivity index (χ1n) is 7.52. The molecule has 0 spiro atoms. The maximum Gasteiger partial charge on any atom is 0.270 e. The van der Waals surface area contributed by atoms with Gasteiger partial charge in [0.1, 0.15) is 17.3 Å². The molecule has 0 aliphatic heterocycles. The third kappa shape index (κ3) is 3.04. The number of nitriles is 1. The SMILES string of the molecule is C[C@H]1CC[C@H](Nc2nc(-c3cccs3)c(C#N)c(=O)[nH]2)CC1. The van der Waals surface area contributed by atoms with E-state index in [4.69, 9.17) is 0 Å². The smallest absolute Gasteiger partial charge is 0.270 e. The summed E-state index contributed by atoms with van der Waals surface area (Å²) in [4.78, 5) is 20.1. The van der Waals surface area contributed by atoms with Crippen LogP contribution in [-0.4, -0.2) is 16.0 Å². The van der Waals surface area contributed by atoms with Crippen LogP contribution >= 0.6 is 11.3 Å². The summed E-state index contributed by atoms with van der Waals surface area (Å²) in [6, 6.07) is 6.06. The quantitative estimate of drug-likeness (QED) is 0.910. The highest BCUT2D eigenvalue weighted by molar-refractivity contribution is 7.13. The molecule has 114 valence electrons. The lowest BCUT2D eigenvalue weighted by atomic mass is 9.87. The fourth-order valence-corrected chi connectivity index (χ4v) is 3.55. The molecular formula is C16H18N4OS. The van der Waals surface area contributed by atoms with Crippen molar-refractivity contribution in [3.63, 3.8) is 0 Å². The Bertz CT molecular complexity index is 736. The summed E-state index contributed by atoms with van der Waals surface area (Å²) in [6.07, 6.45) is 4.55. The number of thiophene rings is 1. The second kappa shape index (κ2) is 6.32. The van der Waals surface area contributed by atoms with Crippen molar-refractivity contribution in [1.29, 1.82) is 5.26 Å². The summed E-state index contributed by atoms with van der Waals surface area (Å²) in [5.41, 5.74) is 0.158. The van der Waals surface area contributed by atoms with Crippen LogP contribution in [0.15, 0.2) is 22.3 Å². The molecule has 0 atom stereocenters. The van der Waals surface area contributed by atoms with Crippen molar-refractivity contribution < 1.29 is 0 Å². The Balaban J connectivity index is 1.90. The number of nitrogens with one attached hydrogen (secondary N) is 2. The molecule has 1 aliphatic rings. The molecule has 3 rings (SSSR count). The van der Waals surface area contributed by atoms with E-state index in [2.05, 4.69) is 22.2 Å². The molecule has 0 amide bonds. The maximum absolute atomic E-state index is 12.1. The van der Waals surface area contributed by atoms with Crippen molar-refractivity contribution in [2.24, 2.45) is 5.92 Å². The van der Waals surface area contributed by atoms with Crippen LogP contribution in [0.5, 0.6) is 0 Å². The van der Waals surface area contributed by atoms with Crippen LogP contribution in [0.1, 0.15) is 38.2 Å². The average molecular weight is 314 g/mol. The number of hydrogen-bond donors (Lipinski definition) is 2. The van der Waals surface area contributed by atoms with Crippen LogP contribution in [0, 0.1) is 17.2 Å². The number of anilines is 1. The minimum Gasteiger partial charge on any atom is -0.353 e. The first kappa shape index (κ1) is 14.8. The minimum absolute atomic E-state index is 0.0743. The predicted octanol–water partition coefficient (Wildman–Crippen LogP) is 3.36. The Morgan fingerprint density at radius 3 is 2.82 bits per heavy atom. The van der Waals surface area contributed by atoms with E-state index in [1.165, 1.54) is 24.2 Å². The number of rotatable bonds is 3. The van der Waals surface area contributed by atoms with E-state index in [-0.39, 0.29) is 11.1 Å². The lowest BCUT2D eigenvalue weighted by molar-refractivity contribution is 0.360. The number of H-pyrrole nitrogens is 1. The molecule has 0 aromatic carbocycles. The highest BCUT2D eigenvalue weighted by Gasteiger charge is 2.20. The number of aromatic nitrogens is 2. The fourth-order valence-electron chi connectivity index (χ4n) is 2.83. The number of aromatic amines is 1. The molecular weight excluding hydrogens is 296 g/mol. The Kier molecular flexibility index (Phi) is 4.25. The van der Waals surface area contributed by atoms with Gasteiger partial charge < -0.3 is 5.32 Å². The molecule has 6 heteroatoms. The summed E-state index contributed by atoms with van der Waals surface area (Å²) in [7, 11) is 0. The topological polar surface area (TPSA) is 81.6 Å². The van der Waals surface area contributed by atoms with Crippen molar-refractivity contribution in [2.75, 3.05) is 5.32 Å². The Morgan fingerprint density at radius 2 is 2.18 bits per heavy atom. The normalized spacial score (nSPS) is 21.3. The molecule has 2 heterocycles. The van der Waals surface area contributed by atoms with Crippen molar-refractivity contribution in [2.45, 2.75) is 38.6 Å². The van der Waals surface area contributed by atoms with E-state index in [1.54, 1.807) is 0 Å². The fraction of sp³-hybridized carbons (Fsp3) is 0.438. The van der Waals surface area contributed by atoms with Gasteiger partial charge in [0, 0.05) is 6.04 Å². The minimum atomic E-state index is -0.382. The predicted molar refractivity (Wildman–Crippen MR) is 87.9 cm³/mol. The molecule has 1 fully saturated rings. The van der Waals surface area contributed by atoms with Gasteiger partial charge in [0.05, 0.1) is 4.88 Å². The third-order valence-corrected chi connectivity index (χ3v) is 5.02. The summed E-state index contributed by atoms with van der Waals surface area (Å²) >= 11 is 1.48. The van der Waals surface area contributed by atoms with Crippen LogP contribution in [0.3, 0.4) is 0 Å². The van der Waals surface area contributed by atoms with E-state index < -0.39 is 0 Å². The largest absolute Gasteiger partial charge is 0.353 e. The molecule has 22 heavy (non-hydrogen) atoms. The number of hydrogen-bond acceptors (Lipinski definition) is 5. The van der Waals surface area contributed by atoms with E-state index in [1.807, 2.05) is 23.6 Å². The summed E-state index contributed by atoms with van der Waals surface area (Å²) < 4.78 is 0. The van der Waals surface area contributed by atoms with Gasteiger partial charge in [-0.05, 0) is 43.0 Å². The summed E-state index contributed by atoms with van der Waals surface area (Å²) in [6.45, 7) is 2.27. The van der Waals surface area contributed by atoms with E-state index >= 15 is 0 Å². The molecule has 0 unspecified atom stereocenters. The summed E-state index contributed by atoms with van der Waals surface area (Å²) in [5, 5.41) is 14.4. The highest BCUT2D eigenvalue weighted by Crippen LogP contribution is 2.27. The lowest BCUT2D eigenvalue weighted by Crippen LogP contribution is -2.28. The second-order valence-electron chi connectivity index (χ2n) is 5.83. The molecule has 1 aliphatic carbocycles. The van der Waals surface area contributed by atoms with Crippen LogP contribution < -0.4 is 10.9 Å². The van der Waals surface area contributed by atoms with Gasteiger partial charge in [-0.3, -0.25) is 9.78 Å². The molecule has 5 nitrogen and oxygen atoms in total. The van der Waals surface area contributed by atoms with E-state index in [9.17, 15) is 10.1 Å². The van der Waals surface area contributed by atoms with Crippen LogP contribution in [0.25, 0.3) is 10.6 Å². The molecule has 0 bridgehead atoms. The zero-order chi connectivity index (χ0) is 15.5. The van der Waals surface area contributed by atoms with Gasteiger partial charge in [-0.2, -0.15) is 5.26 Å². The Hall–Kier alpha value is -2.13. The highest BCUT2D eigenvalue weighted by atomic mass is 32.1. The standard InChI is InChI=1S/C16H18N4OS/c1-10-4-6-11(7-5-10)18-16-19-14(13-3-2-8-22-13)12(9-17)15(21)20-16/h2-3,8,10-11H,4-7H2,1H3,(H2,18,19,20,21)/t10-,11-. The lowest BCUT2D eigenvalue weighted by Gasteiger charge is -2.27. The van der Waals surface area contributed by atoms with Crippen molar-refractivity contribution in [3.8, 4) is 16.6 Å². The monoisotopic (exact) mass is 314 g/mol. The van der Waals surface area contributed by atoms with Gasteiger partial charge in [-0.1, -0.05) is 13.0 Å². The molecule has 0 saturated heterocycles.